The third kappa shape index (κ3) is 4.64. The van der Waals surface area contributed by atoms with Crippen molar-refractivity contribution >= 4 is 15.8 Å². The molecule has 0 atom stereocenters. The molecule has 0 saturated heterocycles. The summed E-state index contributed by atoms with van der Waals surface area (Å²) in [7, 11) is -1.99. The molecular weight excluding hydrogens is 314 g/mol. The van der Waals surface area contributed by atoms with E-state index < -0.39 is 10.0 Å². The van der Waals surface area contributed by atoms with Gasteiger partial charge < -0.3 is 4.74 Å². The number of hydrogen-bond donors (Lipinski definition) is 1. The first-order valence-corrected chi connectivity index (χ1v) is 8.64. The van der Waals surface area contributed by atoms with Crippen LogP contribution in [0, 0.1) is 0 Å². The first-order valence-electron chi connectivity index (χ1n) is 7.16. The van der Waals surface area contributed by atoms with E-state index in [1.165, 1.54) is 31.2 Å². The van der Waals surface area contributed by atoms with E-state index >= 15 is 0 Å². The second-order valence-electron chi connectivity index (χ2n) is 5.08. The van der Waals surface area contributed by atoms with E-state index in [-0.39, 0.29) is 17.2 Å². The summed E-state index contributed by atoms with van der Waals surface area (Å²) in [5.41, 5.74) is 1.47. The van der Waals surface area contributed by atoms with Crippen molar-refractivity contribution in [2.75, 3.05) is 13.7 Å². The van der Waals surface area contributed by atoms with Gasteiger partial charge in [-0.3, -0.25) is 4.79 Å². The summed E-state index contributed by atoms with van der Waals surface area (Å²) >= 11 is 0. The fourth-order valence-corrected chi connectivity index (χ4v) is 3.14. The second kappa shape index (κ2) is 7.39. The lowest BCUT2D eigenvalue weighted by Crippen LogP contribution is -2.26. The largest absolute Gasteiger partial charge is 0.497 e. The zero-order chi connectivity index (χ0) is 16.9. The van der Waals surface area contributed by atoms with Crippen LogP contribution in [0.1, 0.15) is 22.8 Å². The second-order valence-corrected chi connectivity index (χ2v) is 6.85. The van der Waals surface area contributed by atoms with Gasteiger partial charge in [-0.25, -0.2) is 13.1 Å². The van der Waals surface area contributed by atoms with E-state index in [1.807, 2.05) is 24.3 Å². The number of sulfonamides is 1. The third-order valence-corrected chi connectivity index (χ3v) is 4.89. The number of rotatable bonds is 7. The predicted molar refractivity (Wildman–Crippen MR) is 88.3 cm³/mol. The average Bonchev–Trinajstić information content (AvgIpc) is 2.55. The number of benzene rings is 2. The number of Topliss-reactive ketones (excluding diaryl/α,β-unsaturated/α-hetero) is 1. The van der Waals surface area contributed by atoms with Crippen LogP contribution in [0.15, 0.2) is 53.4 Å². The Bertz CT molecular complexity index is 782. The summed E-state index contributed by atoms with van der Waals surface area (Å²) in [6.45, 7) is 1.72. The molecule has 0 fully saturated rings. The molecule has 0 unspecified atom stereocenters. The van der Waals surface area contributed by atoms with Crippen molar-refractivity contribution in [2.45, 2.75) is 18.2 Å². The molecule has 2 aromatic carbocycles. The average molecular weight is 333 g/mol. The molecule has 6 heteroatoms. The van der Waals surface area contributed by atoms with Crippen LogP contribution >= 0.6 is 0 Å². The van der Waals surface area contributed by atoms with Crippen LogP contribution in [0.4, 0.5) is 0 Å². The minimum Gasteiger partial charge on any atom is -0.497 e. The van der Waals surface area contributed by atoms with Gasteiger partial charge in [0.15, 0.2) is 5.78 Å². The number of ketones is 1. The minimum absolute atomic E-state index is 0.0973. The summed E-state index contributed by atoms with van der Waals surface area (Å²) in [6.07, 6.45) is 0.557. The number of carbonyl (C=O) groups is 1. The smallest absolute Gasteiger partial charge is 0.240 e. The Morgan fingerprint density at radius 2 is 1.83 bits per heavy atom. The molecule has 0 aliphatic rings. The van der Waals surface area contributed by atoms with Crippen molar-refractivity contribution in [3.63, 3.8) is 0 Å². The van der Waals surface area contributed by atoms with E-state index in [9.17, 15) is 13.2 Å². The Kier molecular flexibility index (Phi) is 5.52. The summed E-state index contributed by atoms with van der Waals surface area (Å²) in [5.74, 6) is 0.644. The van der Waals surface area contributed by atoms with Crippen LogP contribution in [0.3, 0.4) is 0 Å². The topological polar surface area (TPSA) is 72.5 Å². The number of carbonyl (C=O) groups excluding carboxylic acids is 1. The maximum absolute atomic E-state index is 12.2. The molecule has 0 heterocycles. The molecule has 0 aliphatic carbocycles. The molecule has 0 saturated carbocycles. The van der Waals surface area contributed by atoms with Gasteiger partial charge in [-0.2, -0.15) is 0 Å². The maximum atomic E-state index is 12.2. The van der Waals surface area contributed by atoms with Crippen LogP contribution < -0.4 is 9.46 Å². The number of hydrogen-bond acceptors (Lipinski definition) is 4. The quantitative estimate of drug-likeness (QED) is 0.790. The van der Waals surface area contributed by atoms with Gasteiger partial charge in [0.2, 0.25) is 10.0 Å². The normalized spacial score (nSPS) is 11.2. The lowest BCUT2D eigenvalue weighted by atomic mass is 10.1. The van der Waals surface area contributed by atoms with Crippen molar-refractivity contribution in [3.05, 3.63) is 59.7 Å². The molecule has 1 N–H and O–H groups in total. The van der Waals surface area contributed by atoms with E-state index in [2.05, 4.69) is 4.72 Å². The van der Waals surface area contributed by atoms with Crippen LogP contribution in [0.5, 0.6) is 5.75 Å². The number of ether oxygens (including phenoxy) is 1. The molecule has 23 heavy (non-hydrogen) atoms. The minimum atomic E-state index is -3.58. The lowest BCUT2D eigenvalue weighted by molar-refractivity contribution is 0.101. The number of methoxy groups -OCH3 is 1. The molecule has 0 spiro atoms. The molecule has 5 nitrogen and oxygen atoms in total. The summed E-state index contributed by atoms with van der Waals surface area (Å²) < 4.78 is 32.1. The zero-order valence-corrected chi connectivity index (χ0v) is 13.9. The summed E-state index contributed by atoms with van der Waals surface area (Å²) in [4.78, 5) is 11.4. The van der Waals surface area contributed by atoms with Crippen molar-refractivity contribution in [1.29, 1.82) is 0 Å². The van der Waals surface area contributed by atoms with Gasteiger partial charge in [0, 0.05) is 12.1 Å². The van der Waals surface area contributed by atoms with E-state index in [0.717, 1.165) is 11.3 Å². The van der Waals surface area contributed by atoms with Crippen molar-refractivity contribution in [2.24, 2.45) is 0 Å². The van der Waals surface area contributed by atoms with E-state index in [0.29, 0.717) is 12.0 Å². The van der Waals surface area contributed by atoms with Crippen LogP contribution in [-0.2, 0) is 16.4 Å². The highest BCUT2D eigenvalue weighted by Gasteiger charge is 2.13. The molecule has 0 aromatic heterocycles. The Balaban J connectivity index is 1.99. The molecule has 0 amide bonds. The first-order chi connectivity index (χ1) is 10.9. The Morgan fingerprint density at radius 1 is 1.13 bits per heavy atom. The van der Waals surface area contributed by atoms with Crippen molar-refractivity contribution < 1.29 is 17.9 Å². The highest BCUT2D eigenvalue weighted by Crippen LogP contribution is 2.14. The standard InChI is InChI=1S/C17H19NO4S/c1-13(19)15-6-8-17(9-7-15)23(20,21)18-11-10-14-4-3-5-16(12-14)22-2/h3-9,12,18H,10-11H2,1-2H3. The van der Waals surface area contributed by atoms with Crippen LogP contribution in [0.2, 0.25) is 0 Å². The Hall–Kier alpha value is -2.18. The van der Waals surface area contributed by atoms with Gasteiger partial charge in [0.25, 0.3) is 0 Å². The highest BCUT2D eigenvalue weighted by molar-refractivity contribution is 7.89. The monoisotopic (exact) mass is 333 g/mol. The van der Waals surface area contributed by atoms with Gasteiger partial charge in [-0.15, -0.1) is 0 Å². The van der Waals surface area contributed by atoms with Gasteiger partial charge in [0.1, 0.15) is 5.75 Å². The molecule has 2 rings (SSSR count). The summed E-state index contributed by atoms with van der Waals surface area (Å²) in [6, 6.07) is 13.4. The molecular formula is C17H19NO4S. The van der Waals surface area contributed by atoms with E-state index in [1.54, 1.807) is 7.11 Å². The fraction of sp³-hybridized carbons (Fsp3) is 0.235. The maximum Gasteiger partial charge on any atom is 0.240 e. The van der Waals surface area contributed by atoms with Crippen LogP contribution in [-0.4, -0.2) is 27.9 Å². The van der Waals surface area contributed by atoms with Crippen LogP contribution in [0.25, 0.3) is 0 Å². The zero-order valence-electron chi connectivity index (χ0n) is 13.1. The molecule has 0 aliphatic heterocycles. The van der Waals surface area contributed by atoms with Gasteiger partial charge in [-0.05, 0) is 43.2 Å². The lowest BCUT2D eigenvalue weighted by Gasteiger charge is -2.08. The van der Waals surface area contributed by atoms with Gasteiger partial charge in [-0.1, -0.05) is 24.3 Å². The molecule has 0 bridgehead atoms. The van der Waals surface area contributed by atoms with Crippen molar-refractivity contribution in [3.8, 4) is 5.75 Å². The molecule has 122 valence electrons. The Labute approximate surface area is 136 Å². The number of nitrogens with one attached hydrogen (secondary N) is 1. The molecule has 0 radical (unpaired) electrons. The Morgan fingerprint density at radius 3 is 2.43 bits per heavy atom. The fourth-order valence-electron chi connectivity index (χ4n) is 2.11. The van der Waals surface area contributed by atoms with Gasteiger partial charge >= 0.3 is 0 Å². The summed E-state index contributed by atoms with van der Waals surface area (Å²) in [5, 5.41) is 0. The molecule has 2 aromatic rings. The van der Waals surface area contributed by atoms with E-state index in [4.69, 9.17) is 4.74 Å². The van der Waals surface area contributed by atoms with Gasteiger partial charge in [0.05, 0.1) is 12.0 Å². The van der Waals surface area contributed by atoms with Crippen molar-refractivity contribution in [1.82, 2.24) is 4.72 Å². The first kappa shape index (κ1) is 17.2. The SMILES string of the molecule is COc1cccc(CCNS(=O)(=O)c2ccc(C(C)=O)cc2)c1. The third-order valence-electron chi connectivity index (χ3n) is 3.41. The predicted octanol–water partition coefficient (Wildman–Crippen LogP) is 2.42. The highest BCUT2D eigenvalue weighted by atomic mass is 32.2.